The van der Waals surface area contributed by atoms with Crippen LogP contribution in [-0.2, 0) is 4.79 Å². The lowest BCUT2D eigenvalue weighted by molar-refractivity contribution is -0.131. The molecule has 0 bridgehead atoms. The van der Waals surface area contributed by atoms with Crippen LogP contribution in [0.4, 0.5) is 4.39 Å². The SMILES string of the molecule is O=C(O)C=Cc1cnc(Cl)c(F)c1. The van der Waals surface area contributed by atoms with E-state index in [1.807, 2.05) is 0 Å². The van der Waals surface area contributed by atoms with Gasteiger partial charge in [-0.15, -0.1) is 0 Å². The summed E-state index contributed by atoms with van der Waals surface area (Å²) in [6.07, 6.45) is 3.41. The highest BCUT2D eigenvalue weighted by Crippen LogP contribution is 2.12. The standard InChI is InChI=1S/C8H5ClFNO2/c9-8-6(10)3-5(4-11-8)1-2-7(12)13/h1-4H,(H,12,13). The van der Waals surface area contributed by atoms with Gasteiger partial charge >= 0.3 is 5.97 Å². The van der Waals surface area contributed by atoms with Crippen LogP contribution in [0.5, 0.6) is 0 Å². The van der Waals surface area contributed by atoms with Crippen LogP contribution < -0.4 is 0 Å². The Morgan fingerprint density at radius 2 is 2.38 bits per heavy atom. The maximum Gasteiger partial charge on any atom is 0.328 e. The summed E-state index contributed by atoms with van der Waals surface area (Å²) in [5.41, 5.74) is 0.351. The number of carbonyl (C=O) groups is 1. The van der Waals surface area contributed by atoms with Crippen molar-refractivity contribution in [3.05, 3.63) is 34.9 Å². The highest BCUT2D eigenvalue weighted by atomic mass is 35.5. The average Bonchev–Trinajstić information content (AvgIpc) is 2.07. The highest BCUT2D eigenvalue weighted by Gasteiger charge is 2.00. The highest BCUT2D eigenvalue weighted by molar-refractivity contribution is 6.29. The van der Waals surface area contributed by atoms with Gasteiger partial charge in [0.15, 0.2) is 11.0 Å². The molecule has 1 aromatic rings. The molecule has 0 amide bonds. The first-order chi connectivity index (χ1) is 6.09. The van der Waals surface area contributed by atoms with Crippen molar-refractivity contribution >= 4 is 23.6 Å². The van der Waals surface area contributed by atoms with E-state index in [0.29, 0.717) is 5.56 Å². The molecule has 1 rings (SSSR count). The zero-order valence-electron chi connectivity index (χ0n) is 6.37. The van der Waals surface area contributed by atoms with Crippen LogP contribution in [0.3, 0.4) is 0 Å². The van der Waals surface area contributed by atoms with E-state index in [9.17, 15) is 9.18 Å². The molecule has 0 unspecified atom stereocenters. The van der Waals surface area contributed by atoms with E-state index >= 15 is 0 Å². The zero-order chi connectivity index (χ0) is 9.84. The minimum absolute atomic E-state index is 0.229. The Hall–Kier alpha value is -1.42. The van der Waals surface area contributed by atoms with Gasteiger partial charge in [0.05, 0.1) is 0 Å². The van der Waals surface area contributed by atoms with Crippen molar-refractivity contribution < 1.29 is 14.3 Å². The Labute approximate surface area is 78.5 Å². The summed E-state index contributed by atoms with van der Waals surface area (Å²) in [6, 6.07) is 1.11. The van der Waals surface area contributed by atoms with Gasteiger partial charge in [0.2, 0.25) is 0 Å². The average molecular weight is 202 g/mol. The summed E-state index contributed by atoms with van der Waals surface area (Å²) in [5.74, 6) is -1.77. The van der Waals surface area contributed by atoms with Crippen LogP contribution in [0.25, 0.3) is 6.08 Å². The van der Waals surface area contributed by atoms with E-state index in [1.165, 1.54) is 12.3 Å². The summed E-state index contributed by atoms with van der Waals surface area (Å²) < 4.78 is 12.7. The van der Waals surface area contributed by atoms with E-state index in [1.54, 1.807) is 0 Å². The minimum Gasteiger partial charge on any atom is -0.478 e. The molecule has 0 aliphatic rings. The number of halogens is 2. The second-order valence-corrected chi connectivity index (χ2v) is 2.57. The Kier molecular flexibility index (Phi) is 2.97. The Morgan fingerprint density at radius 3 is 2.92 bits per heavy atom. The van der Waals surface area contributed by atoms with Gasteiger partial charge in [-0.3, -0.25) is 0 Å². The zero-order valence-corrected chi connectivity index (χ0v) is 7.12. The molecule has 0 spiro atoms. The summed E-state index contributed by atoms with van der Waals surface area (Å²) in [6.45, 7) is 0. The molecule has 1 N–H and O–H groups in total. The number of rotatable bonds is 2. The van der Waals surface area contributed by atoms with E-state index in [4.69, 9.17) is 16.7 Å². The Morgan fingerprint density at radius 1 is 1.69 bits per heavy atom. The second-order valence-electron chi connectivity index (χ2n) is 2.21. The van der Waals surface area contributed by atoms with Gasteiger partial charge in [0, 0.05) is 12.3 Å². The number of pyridine rings is 1. The number of aliphatic carboxylic acids is 1. The van der Waals surface area contributed by atoms with Gasteiger partial charge in [-0.25, -0.2) is 14.2 Å². The van der Waals surface area contributed by atoms with Crippen LogP contribution in [0.1, 0.15) is 5.56 Å². The number of carboxylic acids is 1. The third-order valence-electron chi connectivity index (χ3n) is 1.24. The van der Waals surface area contributed by atoms with Crippen LogP contribution in [-0.4, -0.2) is 16.1 Å². The van der Waals surface area contributed by atoms with Crippen molar-refractivity contribution in [3.63, 3.8) is 0 Å². The molecule has 0 saturated carbocycles. The fraction of sp³-hybridized carbons (Fsp3) is 0. The first kappa shape index (κ1) is 9.67. The summed E-state index contributed by atoms with van der Waals surface area (Å²) in [7, 11) is 0. The third-order valence-corrected chi connectivity index (χ3v) is 1.51. The molecule has 0 aliphatic carbocycles. The molecular formula is C8H5ClFNO2. The van der Waals surface area contributed by atoms with Gasteiger partial charge < -0.3 is 5.11 Å². The molecular weight excluding hydrogens is 197 g/mol. The van der Waals surface area contributed by atoms with Crippen molar-refractivity contribution in [2.45, 2.75) is 0 Å². The van der Waals surface area contributed by atoms with E-state index in [-0.39, 0.29) is 5.15 Å². The lowest BCUT2D eigenvalue weighted by atomic mass is 10.2. The molecule has 0 aromatic carbocycles. The lowest BCUT2D eigenvalue weighted by Crippen LogP contribution is -1.87. The maximum absolute atomic E-state index is 12.7. The van der Waals surface area contributed by atoms with E-state index in [2.05, 4.69) is 4.98 Å². The topological polar surface area (TPSA) is 50.2 Å². The van der Waals surface area contributed by atoms with Crippen molar-refractivity contribution in [1.29, 1.82) is 0 Å². The lowest BCUT2D eigenvalue weighted by Gasteiger charge is -1.94. The number of carboxylic acid groups (broad SMARTS) is 1. The molecule has 1 aromatic heterocycles. The predicted octanol–water partition coefficient (Wildman–Crippen LogP) is 1.97. The fourth-order valence-electron chi connectivity index (χ4n) is 0.695. The molecule has 0 atom stereocenters. The van der Waals surface area contributed by atoms with Crippen molar-refractivity contribution in [3.8, 4) is 0 Å². The largest absolute Gasteiger partial charge is 0.478 e. The summed E-state index contributed by atoms with van der Waals surface area (Å²) in [4.78, 5) is 13.6. The van der Waals surface area contributed by atoms with Gasteiger partial charge in [0.1, 0.15) is 0 Å². The molecule has 3 nitrogen and oxygen atoms in total. The van der Waals surface area contributed by atoms with Gasteiger partial charge in [0.25, 0.3) is 0 Å². The third kappa shape index (κ3) is 2.83. The minimum atomic E-state index is -1.10. The molecule has 0 saturated heterocycles. The fourth-order valence-corrected chi connectivity index (χ4v) is 0.798. The molecule has 68 valence electrons. The van der Waals surface area contributed by atoms with Crippen LogP contribution in [0.15, 0.2) is 18.3 Å². The van der Waals surface area contributed by atoms with Gasteiger partial charge in [-0.1, -0.05) is 11.6 Å². The first-order valence-corrected chi connectivity index (χ1v) is 3.69. The summed E-state index contributed by atoms with van der Waals surface area (Å²) in [5, 5.41) is 8.04. The number of aromatic nitrogens is 1. The Bertz CT molecular complexity index is 365. The van der Waals surface area contributed by atoms with Crippen molar-refractivity contribution in [2.75, 3.05) is 0 Å². The van der Waals surface area contributed by atoms with Crippen LogP contribution in [0, 0.1) is 5.82 Å². The molecule has 1 heterocycles. The smallest absolute Gasteiger partial charge is 0.328 e. The first-order valence-electron chi connectivity index (χ1n) is 3.31. The molecule has 5 heteroatoms. The summed E-state index contributed by atoms with van der Waals surface area (Å²) >= 11 is 5.32. The van der Waals surface area contributed by atoms with Crippen molar-refractivity contribution in [2.24, 2.45) is 0 Å². The second kappa shape index (κ2) is 4.00. The molecule has 13 heavy (non-hydrogen) atoms. The molecule has 0 fully saturated rings. The van der Waals surface area contributed by atoms with E-state index < -0.39 is 11.8 Å². The monoisotopic (exact) mass is 201 g/mol. The van der Waals surface area contributed by atoms with Crippen molar-refractivity contribution in [1.82, 2.24) is 4.98 Å². The molecule has 0 radical (unpaired) electrons. The van der Waals surface area contributed by atoms with Gasteiger partial charge in [-0.2, -0.15) is 0 Å². The molecule has 0 aliphatic heterocycles. The number of hydrogen-bond acceptors (Lipinski definition) is 2. The van der Waals surface area contributed by atoms with Gasteiger partial charge in [-0.05, 0) is 17.7 Å². The van der Waals surface area contributed by atoms with E-state index in [0.717, 1.165) is 12.1 Å². The maximum atomic E-state index is 12.7. The van der Waals surface area contributed by atoms with Crippen LogP contribution >= 0.6 is 11.6 Å². The number of nitrogens with zero attached hydrogens (tertiary/aromatic N) is 1. The quantitative estimate of drug-likeness (QED) is 0.588. The Balaban J connectivity index is 2.92. The predicted molar refractivity (Wildman–Crippen MR) is 45.9 cm³/mol. The van der Waals surface area contributed by atoms with Crippen LogP contribution in [0.2, 0.25) is 5.15 Å². The number of hydrogen-bond donors (Lipinski definition) is 1. The normalized spacial score (nSPS) is 10.6.